The summed E-state index contributed by atoms with van der Waals surface area (Å²) in [5.41, 5.74) is 0.531. The SMILES string of the molecule is CCn1cc(Br)cc1C(=O)N1C(C(=O)O)CSC1C(C)C. The number of thioether (sulfide) groups is 1. The first-order chi connectivity index (χ1) is 9.86. The van der Waals surface area contributed by atoms with E-state index in [1.54, 1.807) is 17.8 Å². The van der Waals surface area contributed by atoms with Gasteiger partial charge in [-0.2, -0.15) is 0 Å². The van der Waals surface area contributed by atoms with Gasteiger partial charge in [0.1, 0.15) is 11.7 Å². The minimum absolute atomic E-state index is 0.0995. The van der Waals surface area contributed by atoms with E-state index >= 15 is 0 Å². The van der Waals surface area contributed by atoms with E-state index in [2.05, 4.69) is 15.9 Å². The Labute approximate surface area is 136 Å². The number of carboxylic acid groups (broad SMARTS) is 1. The van der Waals surface area contributed by atoms with Gasteiger partial charge >= 0.3 is 5.97 Å². The highest BCUT2D eigenvalue weighted by molar-refractivity contribution is 9.10. The van der Waals surface area contributed by atoms with Crippen LogP contribution in [0.2, 0.25) is 0 Å². The lowest BCUT2D eigenvalue weighted by Crippen LogP contribution is -2.47. The molecular formula is C14H19BrN2O3S. The Kier molecular flexibility index (Phi) is 5.03. The maximum absolute atomic E-state index is 12.9. The van der Waals surface area contributed by atoms with Crippen molar-refractivity contribution in [2.24, 2.45) is 5.92 Å². The van der Waals surface area contributed by atoms with E-state index < -0.39 is 12.0 Å². The van der Waals surface area contributed by atoms with Crippen LogP contribution < -0.4 is 0 Å². The summed E-state index contributed by atoms with van der Waals surface area (Å²) >= 11 is 4.92. The molecule has 2 rings (SSSR count). The molecule has 0 saturated carbocycles. The molecule has 7 heteroatoms. The van der Waals surface area contributed by atoms with Gasteiger partial charge < -0.3 is 14.6 Å². The molecule has 1 aromatic heterocycles. The number of rotatable bonds is 4. The summed E-state index contributed by atoms with van der Waals surface area (Å²) in [6.07, 6.45) is 1.84. The lowest BCUT2D eigenvalue weighted by molar-refractivity contribution is -0.141. The maximum atomic E-state index is 12.9. The maximum Gasteiger partial charge on any atom is 0.327 e. The first kappa shape index (κ1) is 16.4. The number of carboxylic acids is 1. The fraction of sp³-hybridized carbons (Fsp3) is 0.571. The number of carbonyl (C=O) groups is 2. The lowest BCUT2D eigenvalue weighted by Gasteiger charge is -2.30. The summed E-state index contributed by atoms with van der Waals surface area (Å²) < 4.78 is 2.67. The number of aromatic nitrogens is 1. The van der Waals surface area contributed by atoms with Crippen LogP contribution >= 0.6 is 27.7 Å². The second-order valence-corrected chi connectivity index (χ2v) is 7.43. The molecule has 2 unspecified atom stereocenters. The smallest absolute Gasteiger partial charge is 0.327 e. The van der Waals surface area contributed by atoms with Gasteiger partial charge in [-0.25, -0.2) is 4.79 Å². The zero-order valence-corrected chi connectivity index (χ0v) is 14.6. The molecule has 0 bridgehead atoms. The molecule has 5 nitrogen and oxygen atoms in total. The summed E-state index contributed by atoms with van der Waals surface area (Å²) in [7, 11) is 0. The van der Waals surface area contributed by atoms with Crippen LogP contribution in [0, 0.1) is 5.92 Å². The molecule has 1 amide bonds. The Morgan fingerprint density at radius 3 is 2.71 bits per heavy atom. The Balaban J connectivity index is 2.39. The van der Waals surface area contributed by atoms with E-state index in [0.717, 1.165) is 4.47 Å². The zero-order chi connectivity index (χ0) is 15.7. The van der Waals surface area contributed by atoms with Crippen LogP contribution in [0.4, 0.5) is 0 Å². The number of carbonyl (C=O) groups excluding carboxylic acids is 1. The van der Waals surface area contributed by atoms with Crippen molar-refractivity contribution < 1.29 is 14.7 Å². The van der Waals surface area contributed by atoms with Gasteiger partial charge in [-0.15, -0.1) is 11.8 Å². The van der Waals surface area contributed by atoms with Crippen LogP contribution in [0.3, 0.4) is 0 Å². The topological polar surface area (TPSA) is 62.5 Å². The average Bonchev–Trinajstić information content (AvgIpc) is 3.00. The molecular weight excluding hydrogens is 356 g/mol. The molecule has 0 radical (unpaired) electrons. The Morgan fingerprint density at radius 1 is 1.52 bits per heavy atom. The predicted octanol–water partition coefficient (Wildman–Crippen LogP) is 2.89. The summed E-state index contributed by atoms with van der Waals surface area (Å²) in [6.45, 7) is 6.64. The quantitative estimate of drug-likeness (QED) is 0.879. The van der Waals surface area contributed by atoms with E-state index in [9.17, 15) is 14.7 Å². The number of hydrogen-bond acceptors (Lipinski definition) is 3. The number of halogens is 1. The molecule has 1 aromatic rings. The fourth-order valence-electron chi connectivity index (χ4n) is 2.54. The van der Waals surface area contributed by atoms with Gasteiger partial charge in [0, 0.05) is 23.0 Å². The lowest BCUT2D eigenvalue weighted by atomic mass is 10.1. The summed E-state index contributed by atoms with van der Waals surface area (Å²) in [5, 5.41) is 9.29. The fourth-order valence-corrected chi connectivity index (χ4v) is 4.47. The molecule has 1 aliphatic heterocycles. The molecule has 116 valence electrons. The second-order valence-electron chi connectivity index (χ2n) is 5.36. The molecule has 2 heterocycles. The minimum Gasteiger partial charge on any atom is -0.480 e. The van der Waals surface area contributed by atoms with Crippen LogP contribution in [0.1, 0.15) is 31.3 Å². The standard InChI is InChI=1S/C14H19BrN2O3S/c1-4-16-6-9(15)5-10(16)12(18)17-11(14(19)20)7-21-13(17)8(2)3/h5-6,8,11,13H,4,7H2,1-3H3,(H,19,20). The van der Waals surface area contributed by atoms with E-state index in [4.69, 9.17) is 0 Å². The first-order valence-electron chi connectivity index (χ1n) is 6.89. The van der Waals surface area contributed by atoms with Crippen LogP contribution in [0.25, 0.3) is 0 Å². The van der Waals surface area contributed by atoms with Crippen LogP contribution in [-0.4, -0.2) is 43.6 Å². The van der Waals surface area contributed by atoms with Crippen molar-refractivity contribution in [3.63, 3.8) is 0 Å². The van der Waals surface area contributed by atoms with Crippen molar-refractivity contribution in [2.45, 2.75) is 38.7 Å². The third-order valence-corrected chi connectivity index (χ3v) is 5.60. The normalized spacial score (nSPS) is 22.0. The zero-order valence-electron chi connectivity index (χ0n) is 12.2. The third kappa shape index (κ3) is 3.13. The van der Waals surface area contributed by atoms with Crippen molar-refractivity contribution in [3.05, 3.63) is 22.4 Å². The molecule has 2 atom stereocenters. The largest absolute Gasteiger partial charge is 0.480 e. The average molecular weight is 375 g/mol. The minimum atomic E-state index is -0.937. The van der Waals surface area contributed by atoms with E-state index in [0.29, 0.717) is 18.0 Å². The molecule has 1 N–H and O–H groups in total. The number of hydrogen-bond donors (Lipinski definition) is 1. The number of nitrogens with zero attached hydrogens (tertiary/aromatic N) is 2. The highest BCUT2D eigenvalue weighted by atomic mass is 79.9. The second kappa shape index (κ2) is 6.44. The van der Waals surface area contributed by atoms with Crippen LogP contribution in [-0.2, 0) is 11.3 Å². The molecule has 0 spiro atoms. The van der Waals surface area contributed by atoms with E-state index in [-0.39, 0.29) is 17.2 Å². The highest BCUT2D eigenvalue weighted by Gasteiger charge is 2.43. The molecule has 1 saturated heterocycles. The van der Waals surface area contributed by atoms with Crippen molar-refractivity contribution in [1.82, 2.24) is 9.47 Å². The number of aryl methyl sites for hydroxylation is 1. The predicted molar refractivity (Wildman–Crippen MR) is 86.5 cm³/mol. The monoisotopic (exact) mass is 374 g/mol. The van der Waals surface area contributed by atoms with Gasteiger partial charge in [-0.1, -0.05) is 13.8 Å². The van der Waals surface area contributed by atoms with Crippen LogP contribution in [0.5, 0.6) is 0 Å². The van der Waals surface area contributed by atoms with Crippen molar-refractivity contribution in [1.29, 1.82) is 0 Å². The highest BCUT2D eigenvalue weighted by Crippen LogP contribution is 2.35. The number of aliphatic carboxylic acids is 1. The Hall–Kier alpha value is -0.950. The van der Waals surface area contributed by atoms with Crippen molar-refractivity contribution in [2.75, 3.05) is 5.75 Å². The summed E-state index contributed by atoms with van der Waals surface area (Å²) in [5.74, 6) is -0.499. The van der Waals surface area contributed by atoms with Gasteiger partial charge in [0.15, 0.2) is 0 Å². The third-order valence-electron chi connectivity index (χ3n) is 3.55. The molecule has 21 heavy (non-hydrogen) atoms. The molecule has 1 aliphatic rings. The van der Waals surface area contributed by atoms with Gasteiger partial charge in [0.2, 0.25) is 0 Å². The first-order valence-corrected chi connectivity index (χ1v) is 8.73. The molecule has 0 aliphatic carbocycles. The summed E-state index contributed by atoms with van der Waals surface area (Å²) in [4.78, 5) is 25.9. The van der Waals surface area contributed by atoms with E-state index in [1.165, 1.54) is 4.90 Å². The Bertz CT molecular complexity index is 558. The van der Waals surface area contributed by atoms with Gasteiger partial charge in [-0.05, 0) is 34.8 Å². The van der Waals surface area contributed by atoms with Crippen LogP contribution in [0.15, 0.2) is 16.7 Å². The van der Waals surface area contributed by atoms with Gasteiger partial charge in [0.05, 0.1) is 5.37 Å². The van der Waals surface area contributed by atoms with Gasteiger partial charge in [0.25, 0.3) is 5.91 Å². The molecule has 1 fully saturated rings. The van der Waals surface area contributed by atoms with Gasteiger partial charge in [-0.3, -0.25) is 4.79 Å². The number of amides is 1. The summed E-state index contributed by atoms with van der Waals surface area (Å²) in [6, 6.07) is 0.999. The van der Waals surface area contributed by atoms with Crippen molar-refractivity contribution in [3.8, 4) is 0 Å². The van der Waals surface area contributed by atoms with E-state index in [1.807, 2.05) is 31.5 Å². The Morgan fingerprint density at radius 2 is 2.19 bits per heavy atom. The molecule has 0 aromatic carbocycles. The van der Waals surface area contributed by atoms with Crippen molar-refractivity contribution >= 4 is 39.6 Å².